The van der Waals surface area contributed by atoms with E-state index in [2.05, 4.69) is 6.58 Å². The first-order valence-electron chi connectivity index (χ1n) is 6.47. The third-order valence-electron chi connectivity index (χ3n) is 3.59. The van der Waals surface area contributed by atoms with Crippen LogP contribution in [0.4, 0.5) is 0 Å². The van der Waals surface area contributed by atoms with Crippen molar-refractivity contribution in [2.45, 2.75) is 11.8 Å². The van der Waals surface area contributed by atoms with Crippen LogP contribution in [0.3, 0.4) is 0 Å². The second-order valence-electron chi connectivity index (χ2n) is 5.08. The SMILES string of the molecule is C=C(C)c1ccc2c(ccc3ccccc32)c1S(=O)(=O)O.[Rb]. The monoisotopic (exact) mass is 383 g/mol. The molecule has 0 heterocycles. The summed E-state index contributed by atoms with van der Waals surface area (Å²) in [5.41, 5.74) is 1.04. The van der Waals surface area contributed by atoms with Crippen LogP contribution in [0, 0.1) is 0 Å². The summed E-state index contributed by atoms with van der Waals surface area (Å²) in [7, 11) is -4.33. The first-order chi connectivity index (χ1) is 9.89. The topological polar surface area (TPSA) is 54.4 Å². The molecule has 107 valence electrons. The Morgan fingerprint density at radius 2 is 1.59 bits per heavy atom. The molecule has 3 aromatic rings. The maximum absolute atomic E-state index is 11.8. The third-order valence-corrected chi connectivity index (χ3v) is 4.55. The van der Waals surface area contributed by atoms with Crippen LogP contribution in [0.1, 0.15) is 12.5 Å². The van der Waals surface area contributed by atoms with Crippen LogP contribution in [-0.2, 0) is 10.1 Å². The van der Waals surface area contributed by atoms with E-state index < -0.39 is 10.1 Å². The molecule has 0 fully saturated rings. The molecule has 3 nitrogen and oxygen atoms in total. The Balaban J connectivity index is 0.00000176. The summed E-state index contributed by atoms with van der Waals surface area (Å²) in [6, 6.07) is 14.9. The Kier molecular flexibility index (Phi) is 5.42. The van der Waals surface area contributed by atoms with Gasteiger partial charge in [-0.1, -0.05) is 55.1 Å². The average Bonchev–Trinajstić information content (AvgIpc) is 2.44. The van der Waals surface area contributed by atoms with E-state index in [9.17, 15) is 13.0 Å². The van der Waals surface area contributed by atoms with Gasteiger partial charge in [-0.25, -0.2) is 0 Å². The van der Waals surface area contributed by atoms with Crippen LogP contribution in [0.2, 0.25) is 0 Å². The summed E-state index contributed by atoms with van der Waals surface area (Å²) >= 11 is 0. The van der Waals surface area contributed by atoms with Crippen molar-refractivity contribution >= 4 is 95.4 Å². The molecule has 3 rings (SSSR count). The minimum atomic E-state index is -4.33. The number of allylic oxidation sites excluding steroid dienone is 1. The van der Waals surface area contributed by atoms with E-state index in [1.54, 1.807) is 19.1 Å². The Morgan fingerprint density at radius 1 is 0.955 bits per heavy atom. The summed E-state index contributed by atoms with van der Waals surface area (Å²) in [6.07, 6.45) is 0. The molecule has 0 bridgehead atoms. The van der Waals surface area contributed by atoms with Gasteiger partial charge < -0.3 is 0 Å². The van der Waals surface area contributed by atoms with Crippen LogP contribution < -0.4 is 0 Å². The molecule has 0 aromatic heterocycles. The van der Waals surface area contributed by atoms with E-state index in [4.69, 9.17) is 0 Å². The molecule has 0 aliphatic rings. The van der Waals surface area contributed by atoms with Gasteiger partial charge in [0.1, 0.15) is 4.90 Å². The van der Waals surface area contributed by atoms with Crippen molar-refractivity contribution in [3.05, 3.63) is 60.7 Å². The van der Waals surface area contributed by atoms with Gasteiger partial charge in [-0.2, -0.15) is 8.42 Å². The van der Waals surface area contributed by atoms with E-state index in [0.717, 1.165) is 16.2 Å². The molecule has 0 saturated carbocycles. The number of hydrogen-bond acceptors (Lipinski definition) is 2. The largest absolute Gasteiger partial charge is 0.295 e. The molecule has 0 aliphatic heterocycles. The molecule has 0 aliphatic carbocycles. The van der Waals surface area contributed by atoms with Gasteiger partial charge in [-0.3, -0.25) is 4.55 Å². The van der Waals surface area contributed by atoms with E-state index in [0.29, 0.717) is 16.5 Å². The smallest absolute Gasteiger partial charge is 0.282 e. The quantitative estimate of drug-likeness (QED) is 0.539. The predicted molar refractivity (Wildman–Crippen MR) is 91.7 cm³/mol. The number of rotatable bonds is 2. The maximum atomic E-state index is 11.8. The van der Waals surface area contributed by atoms with Crippen molar-refractivity contribution in [2.75, 3.05) is 0 Å². The molecule has 0 amide bonds. The van der Waals surface area contributed by atoms with E-state index >= 15 is 0 Å². The van der Waals surface area contributed by atoms with Crippen molar-refractivity contribution in [3.63, 3.8) is 0 Å². The second kappa shape index (κ2) is 6.63. The van der Waals surface area contributed by atoms with Crippen molar-refractivity contribution in [2.24, 2.45) is 0 Å². The molecule has 5 heteroatoms. The van der Waals surface area contributed by atoms with Crippen molar-refractivity contribution in [3.8, 4) is 0 Å². The van der Waals surface area contributed by atoms with Crippen molar-refractivity contribution < 1.29 is 13.0 Å². The van der Waals surface area contributed by atoms with E-state index in [-0.39, 0.29) is 63.1 Å². The van der Waals surface area contributed by atoms with Gasteiger partial charge in [0, 0.05) is 63.6 Å². The number of hydrogen-bond donors (Lipinski definition) is 1. The fourth-order valence-corrected chi connectivity index (χ4v) is 3.65. The zero-order chi connectivity index (χ0) is 15.2. The first-order valence-corrected chi connectivity index (χ1v) is 7.91. The first kappa shape index (κ1) is 18.0. The Labute approximate surface area is 178 Å². The second-order valence-corrected chi connectivity index (χ2v) is 6.44. The molecular weight excluding hydrogens is 370 g/mol. The summed E-state index contributed by atoms with van der Waals surface area (Å²) < 4.78 is 33.3. The van der Waals surface area contributed by atoms with Crippen LogP contribution in [-0.4, -0.2) is 71.2 Å². The standard InChI is InChI=1S/C17H14O3S.Rb/c1-11(2)13-9-10-15-14-6-4-3-5-12(14)7-8-16(15)17(13)21(18,19)20;/h3-10H,1H2,2H3,(H,18,19,20);. The summed E-state index contributed by atoms with van der Waals surface area (Å²) in [5.74, 6) is 0. The van der Waals surface area contributed by atoms with Crippen LogP contribution >= 0.6 is 0 Å². The molecule has 1 N–H and O–H groups in total. The zero-order valence-corrected chi connectivity index (χ0v) is 18.2. The number of benzene rings is 3. The Morgan fingerprint density at radius 3 is 2.23 bits per heavy atom. The van der Waals surface area contributed by atoms with Gasteiger partial charge >= 0.3 is 0 Å². The summed E-state index contributed by atoms with van der Waals surface area (Å²) in [4.78, 5) is -0.0711. The maximum Gasteiger partial charge on any atom is 0.295 e. The van der Waals surface area contributed by atoms with Gasteiger partial charge in [0.2, 0.25) is 0 Å². The number of fused-ring (bicyclic) bond motifs is 3. The van der Waals surface area contributed by atoms with Crippen LogP contribution in [0.5, 0.6) is 0 Å². The molecule has 0 saturated heterocycles. The normalized spacial score (nSPS) is 11.4. The molecule has 0 unspecified atom stereocenters. The van der Waals surface area contributed by atoms with Crippen LogP contribution in [0.15, 0.2) is 60.0 Å². The fourth-order valence-electron chi connectivity index (χ4n) is 2.67. The van der Waals surface area contributed by atoms with Gasteiger partial charge in [-0.05, 0) is 34.2 Å². The molecule has 3 aromatic carbocycles. The average molecular weight is 384 g/mol. The molecular formula is C17H14O3RbS. The van der Waals surface area contributed by atoms with E-state index in [1.165, 1.54) is 0 Å². The van der Waals surface area contributed by atoms with Gasteiger partial charge in [0.25, 0.3) is 10.1 Å². The van der Waals surface area contributed by atoms with Crippen LogP contribution in [0.25, 0.3) is 27.1 Å². The molecule has 0 spiro atoms. The Bertz CT molecular complexity index is 991. The minimum absolute atomic E-state index is 0. The predicted octanol–water partition coefficient (Wildman–Crippen LogP) is 3.89. The Hall–Kier alpha value is -0.365. The van der Waals surface area contributed by atoms with Gasteiger partial charge in [0.05, 0.1) is 0 Å². The summed E-state index contributed by atoms with van der Waals surface area (Å²) in [6.45, 7) is 5.51. The van der Waals surface area contributed by atoms with Crippen molar-refractivity contribution in [1.82, 2.24) is 0 Å². The van der Waals surface area contributed by atoms with E-state index in [1.807, 2.05) is 36.4 Å². The fraction of sp³-hybridized carbons (Fsp3) is 0.0588. The molecule has 22 heavy (non-hydrogen) atoms. The van der Waals surface area contributed by atoms with Gasteiger partial charge in [-0.15, -0.1) is 0 Å². The molecule has 0 atom stereocenters. The minimum Gasteiger partial charge on any atom is -0.282 e. The third kappa shape index (κ3) is 3.14. The van der Waals surface area contributed by atoms with Crippen molar-refractivity contribution in [1.29, 1.82) is 0 Å². The van der Waals surface area contributed by atoms with Gasteiger partial charge in [0.15, 0.2) is 0 Å². The zero-order valence-electron chi connectivity index (χ0n) is 12.5. The summed E-state index contributed by atoms with van der Waals surface area (Å²) in [5, 5.41) is 3.28. The molecule has 1 radical (unpaired) electrons.